The van der Waals surface area contributed by atoms with Crippen LogP contribution >= 0.6 is 0 Å². The van der Waals surface area contributed by atoms with E-state index in [1.807, 2.05) is 12.1 Å². The van der Waals surface area contributed by atoms with Gasteiger partial charge in [-0.05, 0) is 56.1 Å². The molecule has 3 aromatic carbocycles. The highest BCUT2D eigenvalue weighted by Gasteiger charge is 2.26. The molecule has 0 aliphatic carbocycles. The third kappa shape index (κ3) is 3.96. The van der Waals surface area contributed by atoms with Crippen LogP contribution in [-0.4, -0.2) is 28.5 Å². The van der Waals surface area contributed by atoms with Crippen LogP contribution in [0.4, 0.5) is 5.69 Å². The number of likely N-dealkylation sites (tertiary alicyclic amines) is 1. The van der Waals surface area contributed by atoms with Crippen LogP contribution < -0.4 is 5.32 Å². The second-order valence-electron chi connectivity index (χ2n) is 8.54. The minimum Gasteiger partial charge on any atom is -0.341 e. The van der Waals surface area contributed by atoms with Crippen LogP contribution in [-0.2, 0) is 17.9 Å². The first-order valence-corrected chi connectivity index (χ1v) is 11.3. The molecule has 1 fully saturated rings. The molecule has 2 heterocycles. The second kappa shape index (κ2) is 8.56. The largest absolute Gasteiger partial charge is 0.341 e. The lowest BCUT2D eigenvalue weighted by Crippen LogP contribution is -2.40. The molecule has 4 nitrogen and oxygen atoms in total. The third-order valence-corrected chi connectivity index (χ3v) is 6.48. The fourth-order valence-electron chi connectivity index (χ4n) is 4.97. The normalized spacial score (nSPS) is 17.3. The molecule has 0 bridgehead atoms. The first-order chi connectivity index (χ1) is 15.2. The topological polar surface area (TPSA) is 37.3 Å². The monoisotopic (exact) mass is 411 g/mol. The van der Waals surface area contributed by atoms with Gasteiger partial charge in [-0.15, -0.1) is 0 Å². The van der Waals surface area contributed by atoms with Crippen LogP contribution in [0.15, 0.2) is 72.8 Å². The van der Waals surface area contributed by atoms with Crippen molar-refractivity contribution in [1.29, 1.82) is 0 Å². The number of benzene rings is 3. The summed E-state index contributed by atoms with van der Waals surface area (Å²) in [5, 5.41) is 5.64. The van der Waals surface area contributed by atoms with Crippen molar-refractivity contribution in [3.8, 4) is 0 Å². The Morgan fingerprint density at radius 1 is 0.968 bits per heavy atom. The predicted octanol–water partition coefficient (Wildman–Crippen LogP) is 5.67. The van der Waals surface area contributed by atoms with Gasteiger partial charge in [0.2, 0.25) is 5.91 Å². The minimum atomic E-state index is 0.0325. The molecule has 4 aromatic rings. The molecule has 1 aromatic heterocycles. The number of aryl methyl sites for hydroxylation is 1. The Morgan fingerprint density at radius 3 is 2.58 bits per heavy atom. The van der Waals surface area contributed by atoms with E-state index in [4.69, 9.17) is 0 Å². The molecule has 1 aliphatic heterocycles. The van der Waals surface area contributed by atoms with Crippen LogP contribution in [0.5, 0.6) is 0 Å². The molecule has 1 amide bonds. The maximum absolute atomic E-state index is 13.1. The van der Waals surface area contributed by atoms with Crippen molar-refractivity contribution in [3.63, 3.8) is 0 Å². The number of carbonyl (C=O) groups excluding carboxylic acids is 1. The SMILES string of the molecule is CCn1c2ccccc2c2cc(NC(=O)C3CCCN(Cc4ccccc4)C3)ccc21. The molecule has 1 atom stereocenters. The molecule has 31 heavy (non-hydrogen) atoms. The van der Waals surface area contributed by atoms with Gasteiger partial charge in [0.05, 0.1) is 5.92 Å². The van der Waals surface area contributed by atoms with Crippen molar-refractivity contribution >= 4 is 33.4 Å². The minimum absolute atomic E-state index is 0.0325. The molecule has 4 heteroatoms. The quantitative estimate of drug-likeness (QED) is 0.460. The molecule has 1 aliphatic rings. The number of amides is 1. The van der Waals surface area contributed by atoms with Gasteiger partial charge in [-0.2, -0.15) is 0 Å². The second-order valence-corrected chi connectivity index (χ2v) is 8.54. The standard InChI is InChI=1S/C27H29N3O/c1-2-30-25-13-7-6-12-23(25)24-17-22(14-15-26(24)30)28-27(31)21-11-8-16-29(19-21)18-20-9-4-3-5-10-20/h3-7,9-10,12-15,17,21H,2,8,11,16,18-19H2,1H3,(H,28,31). The molecular weight excluding hydrogens is 382 g/mol. The fourth-order valence-corrected chi connectivity index (χ4v) is 4.97. The van der Waals surface area contributed by atoms with Crippen LogP contribution in [0.3, 0.4) is 0 Å². The van der Waals surface area contributed by atoms with E-state index in [-0.39, 0.29) is 11.8 Å². The van der Waals surface area contributed by atoms with Crippen LogP contribution in [0, 0.1) is 5.92 Å². The van der Waals surface area contributed by atoms with E-state index in [1.165, 1.54) is 27.4 Å². The first-order valence-electron chi connectivity index (χ1n) is 11.3. The summed E-state index contributed by atoms with van der Waals surface area (Å²) in [4.78, 5) is 15.5. The third-order valence-electron chi connectivity index (χ3n) is 6.48. The summed E-state index contributed by atoms with van der Waals surface area (Å²) in [6, 6.07) is 25.3. The van der Waals surface area contributed by atoms with Gasteiger partial charge >= 0.3 is 0 Å². The van der Waals surface area contributed by atoms with Crippen LogP contribution in [0.2, 0.25) is 0 Å². The van der Waals surface area contributed by atoms with E-state index < -0.39 is 0 Å². The number of piperidine rings is 1. The van der Waals surface area contributed by atoms with Gasteiger partial charge in [-0.25, -0.2) is 0 Å². The zero-order valence-corrected chi connectivity index (χ0v) is 18.1. The first kappa shape index (κ1) is 19.8. The average Bonchev–Trinajstić information content (AvgIpc) is 3.13. The number of aromatic nitrogens is 1. The summed E-state index contributed by atoms with van der Waals surface area (Å²) >= 11 is 0. The van der Waals surface area contributed by atoms with E-state index >= 15 is 0 Å². The molecule has 1 unspecified atom stereocenters. The van der Waals surface area contributed by atoms with E-state index in [0.29, 0.717) is 0 Å². The van der Waals surface area contributed by atoms with Gasteiger partial charge in [0.15, 0.2) is 0 Å². The molecule has 0 radical (unpaired) electrons. The Kier molecular flexibility index (Phi) is 5.47. The molecule has 5 rings (SSSR count). The van der Waals surface area contributed by atoms with Gasteiger partial charge in [0, 0.05) is 47.1 Å². The Morgan fingerprint density at radius 2 is 1.74 bits per heavy atom. The lowest BCUT2D eigenvalue weighted by molar-refractivity contribution is -0.121. The van der Waals surface area contributed by atoms with E-state index in [1.54, 1.807) is 0 Å². The van der Waals surface area contributed by atoms with E-state index in [9.17, 15) is 4.79 Å². The highest BCUT2D eigenvalue weighted by atomic mass is 16.1. The summed E-state index contributed by atoms with van der Waals surface area (Å²) in [6.45, 7) is 5.88. The smallest absolute Gasteiger partial charge is 0.228 e. The number of nitrogens with zero attached hydrogens (tertiary/aromatic N) is 2. The molecule has 1 N–H and O–H groups in total. The number of hydrogen-bond donors (Lipinski definition) is 1. The summed E-state index contributed by atoms with van der Waals surface area (Å²) in [5.74, 6) is 0.168. The number of fused-ring (bicyclic) bond motifs is 3. The molecule has 0 spiro atoms. The Labute approximate surface area is 183 Å². The number of para-hydroxylation sites is 1. The maximum atomic E-state index is 13.1. The molecule has 0 saturated carbocycles. The molecule has 1 saturated heterocycles. The van der Waals surface area contributed by atoms with Crippen molar-refractivity contribution in [3.05, 3.63) is 78.4 Å². The van der Waals surface area contributed by atoms with Crippen molar-refractivity contribution in [2.75, 3.05) is 18.4 Å². The summed E-state index contributed by atoms with van der Waals surface area (Å²) < 4.78 is 2.33. The molecule has 158 valence electrons. The van der Waals surface area contributed by atoms with Gasteiger partial charge in [-0.1, -0.05) is 48.5 Å². The summed E-state index contributed by atoms with van der Waals surface area (Å²) in [6.07, 6.45) is 2.02. The fraction of sp³-hybridized carbons (Fsp3) is 0.296. The average molecular weight is 412 g/mol. The van der Waals surface area contributed by atoms with Crippen molar-refractivity contribution in [2.24, 2.45) is 5.92 Å². The Balaban J connectivity index is 1.33. The van der Waals surface area contributed by atoms with Crippen molar-refractivity contribution < 1.29 is 4.79 Å². The molecular formula is C27H29N3O. The van der Waals surface area contributed by atoms with Crippen molar-refractivity contribution in [2.45, 2.75) is 32.9 Å². The number of carbonyl (C=O) groups is 1. The van der Waals surface area contributed by atoms with E-state index in [2.05, 4.69) is 82.4 Å². The Hall–Kier alpha value is -3.11. The predicted molar refractivity (Wildman–Crippen MR) is 128 cm³/mol. The van der Waals surface area contributed by atoms with Gasteiger partial charge in [0.1, 0.15) is 0 Å². The van der Waals surface area contributed by atoms with Crippen LogP contribution in [0.1, 0.15) is 25.3 Å². The summed E-state index contributed by atoms with van der Waals surface area (Å²) in [5.41, 5.74) is 4.65. The number of hydrogen-bond acceptors (Lipinski definition) is 2. The highest BCUT2D eigenvalue weighted by Crippen LogP contribution is 2.31. The maximum Gasteiger partial charge on any atom is 0.228 e. The van der Waals surface area contributed by atoms with Gasteiger partial charge < -0.3 is 9.88 Å². The lowest BCUT2D eigenvalue weighted by atomic mass is 9.96. The van der Waals surface area contributed by atoms with Gasteiger partial charge in [0.25, 0.3) is 0 Å². The van der Waals surface area contributed by atoms with Crippen LogP contribution in [0.25, 0.3) is 21.8 Å². The number of rotatable bonds is 5. The van der Waals surface area contributed by atoms with Crippen molar-refractivity contribution in [1.82, 2.24) is 9.47 Å². The lowest BCUT2D eigenvalue weighted by Gasteiger charge is -2.32. The number of nitrogens with one attached hydrogen (secondary N) is 1. The Bertz CT molecular complexity index is 1210. The zero-order chi connectivity index (χ0) is 21.2. The summed E-state index contributed by atoms with van der Waals surface area (Å²) in [7, 11) is 0. The van der Waals surface area contributed by atoms with E-state index in [0.717, 1.165) is 44.7 Å². The van der Waals surface area contributed by atoms with Gasteiger partial charge in [-0.3, -0.25) is 9.69 Å². The number of anilines is 1. The highest BCUT2D eigenvalue weighted by molar-refractivity contribution is 6.09. The zero-order valence-electron chi connectivity index (χ0n) is 18.1.